The Labute approximate surface area is 147 Å². The maximum Gasteiger partial charge on any atom is 0.403 e. The monoisotopic (exact) mass is 377 g/mol. The van der Waals surface area contributed by atoms with E-state index in [1.807, 2.05) is 0 Å². The zero-order valence-electron chi connectivity index (χ0n) is 14.3. The van der Waals surface area contributed by atoms with Crippen molar-refractivity contribution in [1.82, 2.24) is 9.78 Å². The molecule has 1 heterocycles. The second kappa shape index (κ2) is 5.42. The Balaban J connectivity index is 1.64. The van der Waals surface area contributed by atoms with Gasteiger partial charge in [0, 0.05) is 31.4 Å². The molecule has 3 aliphatic carbocycles. The number of carbonyl (C=O) groups excluding carboxylic acids is 1. The largest absolute Gasteiger partial charge is 0.403 e. The Bertz CT molecular complexity index is 738. The molecule has 0 radical (unpaired) electrons. The van der Waals surface area contributed by atoms with E-state index in [0.717, 1.165) is 19.3 Å². The highest BCUT2D eigenvalue weighted by Crippen LogP contribution is 2.58. The van der Waals surface area contributed by atoms with Gasteiger partial charge in [-0.2, -0.15) is 18.3 Å². The van der Waals surface area contributed by atoms with Gasteiger partial charge in [0.2, 0.25) is 11.8 Å². The number of aromatic nitrogens is 2. The minimum absolute atomic E-state index is 0.0595. The summed E-state index contributed by atoms with van der Waals surface area (Å²) in [6, 6.07) is 0. The number of aryl methyl sites for hydroxylation is 1. The van der Waals surface area contributed by atoms with Crippen molar-refractivity contribution in [2.75, 3.05) is 5.32 Å². The summed E-state index contributed by atoms with van der Waals surface area (Å²) in [4.78, 5) is 12.4. The van der Waals surface area contributed by atoms with Crippen molar-refractivity contribution in [2.45, 2.75) is 68.9 Å². The van der Waals surface area contributed by atoms with Crippen LogP contribution < -0.4 is 5.32 Å². The summed E-state index contributed by atoms with van der Waals surface area (Å²) in [5.41, 5.74) is -1.15. The second-order valence-corrected chi connectivity index (χ2v) is 7.89. The van der Waals surface area contributed by atoms with Gasteiger partial charge in [0.25, 0.3) is 0 Å². The number of nitrogens with one attached hydrogen (secondary N) is 1. The Morgan fingerprint density at radius 3 is 2.23 bits per heavy atom. The summed E-state index contributed by atoms with van der Waals surface area (Å²) in [5.74, 6) is -3.89. The van der Waals surface area contributed by atoms with Crippen LogP contribution in [0, 0.1) is 5.41 Å². The van der Waals surface area contributed by atoms with Gasteiger partial charge in [0.1, 0.15) is 11.2 Å². The number of halogens is 5. The van der Waals surface area contributed by atoms with Gasteiger partial charge in [0.15, 0.2) is 0 Å². The van der Waals surface area contributed by atoms with Crippen molar-refractivity contribution in [2.24, 2.45) is 12.5 Å². The predicted octanol–water partition coefficient (Wildman–Crippen LogP) is 4.48. The van der Waals surface area contributed by atoms with Gasteiger partial charge in [-0.1, -0.05) is 6.42 Å². The molecule has 1 amide bonds. The molecule has 4 rings (SSSR count). The first kappa shape index (κ1) is 17.7. The summed E-state index contributed by atoms with van der Waals surface area (Å²) in [6.07, 6.45) is -3.01. The molecule has 144 valence electrons. The lowest BCUT2D eigenvalue weighted by molar-refractivity contribution is -0.189. The van der Waals surface area contributed by atoms with E-state index in [-0.39, 0.29) is 37.4 Å². The number of hydrogen-bond donors (Lipinski definition) is 1. The average Bonchev–Trinajstić information content (AvgIpc) is 3.20. The third kappa shape index (κ3) is 2.62. The maximum atomic E-state index is 13.3. The molecule has 0 saturated heterocycles. The van der Waals surface area contributed by atoms with E-state index in [4.69, 9.17) is 0 Å². The zero-order chi connectivity index (χ0) is 18.9. The van der Waals surface area contributed by atoms with Gasteiger partial charge in [-0.05, 0) is 31.6 Å². The van der Waals surface area contributed by atoms with Crippen LogP contribution in [0.2, 0.25) is 0 Å². The lowest BCUT2D eigenvalue weighted by Crippen LogP contribution is -2.37. The Morgan fingerprint density at radius 2 is 1.81 bits per heavy atom. The molecule has 1 aromatic rings. The number of rotatable bonds is 4. The Morgan fingerprint density at radius 1 is 1.19 bits per heavy atom. The fraction of sp³-hybridized carbons (Fsp3) is 0.765. The third-order valence-electron chi connectivity index (χ3n) is 6.06. The van der Waals surface area contributed by atoms with E-state index in [1.54, 1.807) is 0 Å². The van der Waals surface area contributed by atoms with Crippen molar-refractivity contribution in [1.29, 1.82) is 0 Å². The van der Waals surface area contributed by atoms with Crippen molar-refractivity contribution in [3.63, 3.8) is 0 Å². The molecule has 9 heteroatoms. The van der Waals surface area contributed by atoms with Crippen molar-refractivity contribution in [3.8, 4) is 0 Å². The van der Waals surface area contributed by atoms with Crippen LogP contribution >= 0.6 is 0 Å². The maximum absolute atomic E-state index is 13.3. The van der Waals surface area contributed by atoms with Crippen LogP contribution in [0.15, 0.2) is 0 Å². The first-order valence-electron chi connectivity index (χ1n) is 8.87. The molecule has 1 aromatic heterocycles. The van der Waals surface area contributed by atoms with Crippen LogP contribution in [0.1, 0.15) is 68.0 Å². The standard InChI is InChI=1S/C17H20F5N3O/c1-25-13(23-14(26)15(5-6-15)17(20,21)22)11(9-3-2-4-9)12(24-25)10-7-16(18,19)8-10/h9-10H,2-8H2,1H3,(H,23,26). The molecule has 0 atom stereocenters. The third-order valence-corrected chi connectivity index (χ3v) is 6.06. The normalized spacial score (nSPS) is 24.7. The highest BCUT2D eigenvalue weighted by atomic mass is 19.4. The van der Waals surface area contributed by atoms with E-state index in [0.29, 0.717) is 11.3 Å². The highest BCUT2D eigenvalue weighted by Gasteiger charge is 2.68. The van der Waals surface area contributed by atoms with Crippen LogP contribution in [0.3, 0.4) is 0 Å². The summed E-state index contributed by atoms with van der Waals surface area (Å²) in [6.45, 7) is 0. The van der Waals surface area contributed by atoms with E-state index in [1.165, 1.54) is 11.7 Å². The quantitative estimate of drug-likeness (QED) is 0.787. The lowest BCUT2D eigenvalue weighted by atomic mass is 9.73. The van der Waals surface area contributed by atoms with E-state index in [2.05, 4.69) is 10.4 Å². The summed E-state index contributed by atoms with van der Waals surface area (Å²) >= 11 is 0. The molecule has 0 unspecified atom stereocenters. The van der Waals surface area contributed by atoms with Gasteiger partial charge in [-0.15, -0.1) is 0 Å². The number of anilines is 1. The van der Waals surface area contributed by atoms with Gasteiger partial charge in [0.05, 0.1) is 5.69 Å². The number of carbonyl (C=O) groups is 1. The van der Waals surface area contributed by atoms with E-state index in [9.17, 15) is 26.7 Å². The van der Waals surface area contributed by atoms with Crippen LogP contribution in [0.4, 0.5) is 27.8 Å². The summed E-state index contributed by atoms with van der Waals surface area (Å²) < 4.78 is 67.5. The average molecular weight is 377 g/mol. The van der Waals surface area contributed by atoms with E-state index < -0.39 is 29.3 Å². The number of amides is 1. The molecular formula is C17H20F5N3O. The minimum Gasteiger partial charge on any atom is -0.310 e. The van der Waals surface area contributed by atoms with Crippen LogP contribution in [-0.2, 0) is 11.8 Å². The Kier molecular flexibility index (Phi) is 3.70. The fourth-order valence-corrected chi connectivity index (χ4v) is 3.96. The van der Waals surface area contributed by atoms with Crippen LogP contribution in [0.25, 0.3) is 0 Å². The molecule has 3 fully saturated rings. The van der Waals surface area contributed by atoms with Gasteiger partial charge in [-0.3, -0.25) is 9.48 Å². The molecule has 3 saturated carbocycles. The number of alkyl halides is 5. The van der Waals surface area contributed by atoms with Crippen molar-refractivity contribution >= 4 is 11.7 Å². The molecule has 0 aliphatic heterocycles. The first-order chi connectivity index (χ1) is 12.0. The van der Waals surface area contributed by atoms with Gasteiger partial charge >= 0.3 is 6.18 Å². The topological polar surface area (TPSA) is 46.9 Å². The van der Waals surface area contributed by atoms with Gasteiger partial charge < -0.3 is 5.32 Å². The predicted molar refractivity (Wildman–Crippen MR) is 83.1 cm³/mol. The van der Waals surface area contributed by atoms with Crippen molar-refractivity contribution in [3.05, 3.63) is 11.3 Å². The Hall–Kier alpha value is -1.67. The van der Waals surface area contributed by atoms with Crippen LogP contribution in [0.5, 0.6) is 0 Å². The highest BCUT2D eigenvalue weighted by molar-refractivity contribution is 5.98. The van der Waals surface area contributed by atoms with E-state index >= 15 is 0 Å². The SMILES string of the molecule is Cn1nc(C2CC(F)(F)C2)c(C2CCC2)c1NC(=O)C1(C(F)(F)F)CC1. The molecule has 26 heavy (non-hydrogen) atoms. The zero-order valence-corrected chi connectivity index (χ0v) is 14.3. The lowest BCUT2D eigenvalue weighted by Gasteiger charge is -2.36. The minimum atomic E-state index is -4.59. The fourth-order valence-electron chi connectivity index (χ4n) is 3.96. The molecule has 0 aromatic carbocycles. The molecule has 0 spiro atoms. The summed E-state index contributed by atoms with van der Waals surface area (Å²) in [5, 5.41) is 6.74. The molecular weight excluding hydrogens is 357 g/mol. The number of nitrogens with zero attached hydrogens (tertiary/aromatic N) is 2. The molecule has 4 nitrogen and oxygen atoms in total. The van der Waals surface area contributed by atoms with Gasteiger partial charge in [-0.25, -0.2) is 8.78 Å². The molecule has 1 N–H and O–H groups in total. The first-order valence-corrected chi connectivity index (χ1v) is 8.87. The van der Waals surface area contributed by atoms with Crippen LogP contribution in [-0.4, -0.2) is 27.8 Å². The molecule has 0 bridgehead atoms. The summed E-state index contributed by atoms with van der Waals surface area (Å²) in [7, 11) is 1.53. The van der Waals surface area contributed by atoms with Crippen molar-refractivity contribution < 1.29 is 26.7 Å². The smallest absolute Gasteiger partial charge is 0.310 e. The number of hydrogen-bond acceptors (Lipinski definition) is 2. The molecule has 3 aliphatic rings. The second-order valence-electron chi connectivity index (χ2n) is 7.89.